The van der Waals surface area contributed by atoms with E-state index in [9.17, 15) is 20.2 Å². The number of hydrogen-bond donors (Lipinski definition) is 0. The van der Waals surface area contributed by atoms with Gasteiger partial charge in [-0.1, -0.05) is 0 Å². The molecule has 0 aliphatic carbocycles. The number of aromatic nitrogens is 4. The van der Waals surface area contributed by atoms with Crippen LogP contribution in [0.5, 0.6) is 5.75 Å². The van der Waals surface area contributed by atoms with Crippen LogP contribution in [0.15, 0.2) is 42.5 Å². The van der Waals surface area contributed by atoms with Gasteiger partial charge in [-0.2, -0.15) is 0 Å². The standard InChI is InChI=1S/C16H14N6O5Se/c1-27-15-4-2-11(3-5-15)10-28-16-17-19-20(18-16)9-12-6-13(21(23)24)8-14(7-12)22(25)26/h2-8H,9-10H2,1H3. The van der Waals surface area contributed by atoms with E-state index in [1.54, 1.807) is 7.11 Å². The first-order valence-corrected chi connectivity index (χ1v) is 9.97. The molecule has 3 aromatic rings. The molecule has 144 valence electrons. The second-order valence-electron chi connectivity index (χ2n) is 5.61. The zero-order valence-corrected chi connectivity index (χ0v) is 16.3. The van der Waals surface area contributed by atoms with Gasteiger partial charge in [0.2, 0.25) is 0 Å². The average molecular weight is 449 g/mol. The van der Waals surface area contributed by atoms with Crippen LogP contribution < -0.4 is 9.46 Å². The van der Waals surface area contributed by atoms with Gasteiger partial charge < -0.3 is 0 Å². The fourth-order valence-corrected chi connectivity index (χ4v) is 3.89. The van der Waals surface area contributed by atoms with E-state index in [0.717, 1.165) is 22.7 Å². The first kappa shape index (κ1) is 19.4. The molecule has 0 amide bonds. The molecule has 0 unspecified atom stereocenters. The Morgan fingerprint density at radius 2 is 1.68 bits per heavy atom. The van der Waals surface area contributed by atoms with Crippen LogP contribution in [0.2, 0.25) is 0 Å². The van der Waals surface area contributed by atoms with E-state index in [0.29, 0.717) is 10.3 Å². The fraction of sp³-hybridized carbons (Fsp3) is 0.188. The molecule has 0 N–H and O–H groups in total. The summed E-state index contributed by atoms with van der Waals surface area (Å²) in [6.45, 7) is 0.0497. The Labute approximate surface area is 164 Å². The van der Waals surface area contributed by atoms with Crippen LogP contribution in [0, 0.1) is 20.2 Å². The van der Waals surface area contributed by atoms with Crippen molar-refractivity contribution in [1.82, 2.24) is 20.2 Å². The SMILES string of the molecule is COc1ccc(C[Se]c2nnn(Cc3cc([N+](=O)[O-])cc([N+](=O)[O-])c3)n2)cc1. The van der Waals surface area contributed by atoms with E-state index in [1.807, 2.05) is 24.3 Å². The van der Waals surface area contributed by atoms with Gasteiger partial charge in [-0.3, -0.25) is 0 Å². The van der Waals surface area contributed by atoms with E-state index in [2.05, 4.69) is 15.4 Å². The Kier molecular flexibility index (Phi) is 5.92. The van der Waals surface area contributed by atoms with Crippen molar-refractivity contribution >= 4 is 31.1 Å². The second-order valence-corrected chi connectivity index (χ2v) is 7.59. The molecule has 28 heavy (non-hydrogen) atoms. The molecule has 2 aromatic carbocycles. The molecule has 0 saturated heterocycles. The van der Waals surface area contributed by atoms with Gasteiger partial charge in [0.05, 0.1) is 0 Å². The summed E-state index contributed by atoms with van der Waals surface area (Å²) >= 11 is -0.0540. The molecule has 0 aliphatic heterocycles. The molecule has 0 aliphatic rings. The van der Waals surface area contributed by atoms with Crippen LogP contribution >= 0.6 is 0 Å². The first-order chi connectivity index (χ1) is 13.4. The molecule has 0 atom stereocenters. The number of ether oxygens (including phenoxy) is 1. The van der Waals surface area contributed by atoms with Crippen LogP contribution in [0.1, 0.15) is 11.1 Å². The monoisotopic (exact) mass is 450 g/mol. The molecule has 3 rings (SSSR count). The number of methoxy groups -OCH3 is 1. The normalized spacial score (nSPS) is 10.6. The molecular formula is C16H14N6O5Se. The summed E-state index contributed by atoms with van der Waals surface area (Å²) < 4.78 is 5.69. The Morgan fingerprint density at radius 1 is 1.04 bits per heavy atom. The van der Waals surface area contributed by atoms with Gasteiger partial charge >= 0.3 is 164 Å². The van der Waals surface area contributed by atoms with Gasteiger partial charge in [0, 0.05) is 0 Å². The summed E-state index contributed by atoms with van der Waals surface area (Å²) in [4.78, 5) is 21.9. The van der Waals surface area contributed by atoms with E-state index < -0.39 is 9.85 Å². The summed E-state index contributed by atoms with van der Waals surface area (Å²) in [7, 11) is 1.61. The molecule has 11 nitrogen and oxygen atoms in total. The number of tetrazole rings is 1. The summed E-state index contributed by atoms with van der Waals surface area (Å²) in [6.07, 6.45) is 0. The second kappa shape index (κ2) is 8.55. The van der Waals surface area contributed by atoms with Crippen molar-refractivity contribution in [3.05, 3.63) is 73.8 Å². The summed E-state index contributed by atoms with van der Waals surface area (Å²) in [5.74, 6) is 0.784. The maximum atomic E-state index is 11.0. The number of hydrogen-bond acceptors (Lipinski definition) is 8. The van der Waals surface area contributed by atoms with Gasteiger partial charge in [0.15, 0.2) is 0 Å². The molecule has 1 aromatic heterocycles. The predicted octanol–water partition coefficient (Wildman–Crippen LogP) is 1.08. The number of nitrogens with zero attached hydrogens (tertiary/aromatic N) is 6. The summed E-state index contributed by atoms with van der Waals surface area (Å²) in [6, 6.07) is 11.1. The van der Waals surface area contributed by atoms with Gasteiger partial charge in [-0.15, -0.1) is 0 Å². The number of benzene rings is 2. The van der Waals surface area contributed by atoms with E-state index in [1.165, 1.54) is 16.9 Å². The average Bonchev–Trinajstić information content (AvgIpc) is 3.13. The van der Waals surface area contributed by atoms with Crippen LogP contribution in [0.25, 0.3) is 0 Å². The van der Waals surface area contributed by atoms with Crippen molar-refractivity contribution in [3.8, 4) is 5.75 Å². The number of nitro benzene ring substituents is 2. The molecule has 0 bridgehead atoms. The Balaban J connectivity index is 1.68. The Morgan fingerprint density at radius 3 is 2.25 bits per heavy atom. The molecule has 0 saturated carbocycles. The van der Waals surface area contributed by atoms with Gasteiger partial charge in [-0.05, 0) is 0 Å². The van der Waals surface area contributed by atoms with Gasteiger partial charge in [0.25, 0.3) is 0 Å². The number of non-ortho nitro benzene ring substituents is 2. The van der Waals surface area contributed by atoms with Crippen molar-refractivity contribution in [2.75, 3.05) is 7.11 Å². The number of nitro groups is 2. The van der Waals surface area contributed by atoms with Crippen molar-refractivity contribution in [1.29, 1.82) is 0 Å². The van der Waals surface area contributed by atoms with E-state index >= 15 is 0 Å². The van der Waals surface area contributed by atoms with Crippen LogP contribution in [-0.2, 0) is 11.9 Å². The van der Waals surface area contributed by atoms with Crippen molar-refractivity contribution in [3.63, 3.8) is 0 Å². The number of rotatable bonds is 8. The third-order valence-electron chi connectivity index (χ3n) is 3.67. The molecule has 0 spiro atoms. The summed E-state index contributed by atoms with van der Waals surface area (Å²) in [5.41, 5.74) is 0.764. The molecule has 0 radical (unpaired) electrons. The third kappa shape index (κ3) is 4.87. The van der Waals surface area contributed by atoms with Gasteiger partial charge in [0.1, 0.15) is 0 Å². The van der Waals surface area contributed by atoms with Gasteiger partial charge in [-0.25, -0.2) is 0 Å². The van der Waals surface area contributed by atoms with Crippen LogP contribution in [0.4, 0.5) is 11.4 Å². The zero-order chi connectivity index (χ0) is 20.1. The minimum absolute atomic E-state index is 0.0497. The first-order valence-electron chi connectivity index (χ1n) is 7.91. The van der Waals surface area contributed by atoms with Crippen molar-refractivity contribution in [2.45, 2.75) is 11.9 Å². The van der Waals surface area contributed by atoms with Crippen LogP contribution in [0.3, 0.4) is 0 Å². The molecule has 1 heterocycles. The zero-order valence-electron chi connectivity index (χ0n) is 14.6. The van der Waals surface area contributed by atoms with Crippen molar-refractivity contribution < 1.29 is 14.6 Å². The Hall–Kier alpha value is -3.37. The minimum atomic E-state index is -0.672. The third-order valence-corrected chi connectivity index (χ3v) is 5.56. The summed E-state index contributed by atoms with van der Waals surface area (Å²) in [5, 5.41) is 34.9. The molecule has 12 heteroatoms. The fourth-order valence-electron chi connectivity index (χ4n) is 2.34. The van der Waals surface area contributed by atoms with Crippen molar-refractivity contribution in [2.24, 2.45) is 0 Å². The molecule has 0 fully saturated rings. The maximum absolute atomic E-state index is 11.0. The predicted molar refractivity (Wildman–Crippen MR) is 98.8 cm³/mol. The van der Waals surface area contributed by atoms with E-state index in [4.69, 9.17) is 4.74 Å². The van der Waals surface area contributed by atoms with E-state index in [-0.39, 0.29) is 32.9 Å². The topological polar surface area (TPSA) is 139 Å². The quantitative estimate of drug-likeness (QED) is 0.283. The molecular weight excluding hydrogens is 435 g/mol. The Bertz CT molecular complexity index is 975. The van der Waals surface area contributed by atoms with Crippen LogP contribution in [-0.4, -0.2) is 52.1 Å².